The van der Waals surface area contributed by atoms with Gasteiger partial charge in [0, 0.05) is 35.8 Å². The number of fused-ring (bicyclic) bond motifs is 1. The van der Waals surface area contributed by atoms with E-state index in [4.69, 9.17) is 15.2 Å². The van der Waals surface area contributed by atoms with Crippen LogP contribution < -0.4 is 25.8 Å². The van der Waals surface area contributed by atoms with E-state index < -0.39 is 0 Å². The van der Waals surface area contributed by atoms with Crippen molar-refractivity contribution in [2.24, 2.45) is 0 Å². The number of methoxy groups -OCH3 is 2. The van der Waals surface area contributed by atoms with E-state index in [-0.39, 0.29) is 19.3 Å². The van der Waals surface area contributed by atoms with Crippen molar-refractivity contribution in [2.45, 2.75) is 33.1 Å². The first-order valence-corrected chi connectivity index (χ1v) is 11.1. The van der Waals surface area contributed by atoms with E-state index in [1.165, 1.54) is 19.3 Å². The summed E-state index contributed by atoms with van der Waals surface area (Å²) in [4.78, 5) is 23.3. The molecule has 3 aromatic rings. The van der Waals surface area contributed by atoms with Crippen molar-refractivity contribution >= 4 is 40.0 Å². The minimum atomic E-state index is 0. The van der Waals surface area contributed by atoms with Crippen LogP contribution >= 0.6 is 0 Å². The van der Waals surface area contributed by atoms with E-state index in [0.29, 0.717) is 29.3 Å². The Morgan fingerprint density at radius 2 is 1.65 bits per heavy atom. The van der Waals surface area contributed by atoms with Crippen LogP contribution in [-0.2, 0) is 4.79 Å². The molecule has 0 unspecified atom stereocenters. The largest absolute Gasteiger partial charge is 0.493 e. The average Bonchev–Trinajstić information content (AvgIpc) is 2.83. The van der Waals surface area contributed by atoms with Gasteiger partial charge in [-0.15, -0.1) is 0 Å². The third kappa shape index (κ3) is 6.05. The number of hydrogen-bond acceptors (Lipinski definition) is 8. The average molecular weight is 467 g/mol. The van der Waals surface area contributed by atoms with Crippen LogP contribution in [0.2, 0.25) is 0 Å². The number of ether oxygens (including phenoxy) is 2. The van der Waals surface area contributed by atoms with E-state index in [2.05, 4.69) is 25.5 Å². The number of likely N-dealkylation sites (tertiary alicyclic amines) is 1. The van der Waals surface area contributed by atoms with Gasteiger partial charge >= 0.3 is 0 Å². The molecule has 1 amide bonds. The molecule has 182 valence electrons. The summed E-state index contributed by atoms with van der Waals surface area (Å²) in [6.07, 6.45) is 4.24. The molecule has 0 radical (unpaired) electrons. The summed E-state index contributed by atoms with van der Waals surface area (Å²) in [6, 6.07) is 11.1. The van der Waals surface area contributed by atoms with Gasteiger partial charge in [0.1, 0.15) is 5.82 Å². The molecule has 0 saturated carbocycles. The van der Waals surface area contributed by atoms with Crippen LogP contribution in [0.5, 0.6) is 11.5 Å². The van der Waals surface area contributed by atoms with Crippen molar-refractivity contribution < 1.29 is 14.3 Å². The fourth-order valence-corrected chi connectivity index (χ4v) is 4.01. The van der Waals surface area contributed by atoms with Crippen LogP contribution in [0.3, 0.4) is 0 Å². The number of rotatable bonds is 8. The molecule has 1 aromatic heterocycles. The number of amides is 1. The summed E-state index contributed by atoms with van der Waals surface area (Å²) < 4.78 is 10.8. The molecule has 4 rings (SSSR count). The molecule has 0 aliphatic carbocycles. The molecule has 0 spiro atoms. The summed E-state index contributed by atoms with van der Waals surface area (Å²) in [5.74, 6) is 1.86. The van der Waals surface area contributed by atoms with Crippen molar-refractivity contribution in [1.82, 2.24) is 14.9 Å². The molecule has 34 heavy (non-hydrogen) atoms. The number of piperidine rings is 1. The maximum atomic E-state index is 12.3. The summed E-state index contributed by atoms with van der Waals surface area (Å²) >= 11 is 0. The first-order valence-electron chi connectivity index (χ1n) is 11.1. The van der Waals surface area contributed by atoms with E-state index in [0.717, 1.165) is 36.4 Å². The van der Waals surface area contributed by atoms with Gasteiger partial charge in [-0.1, -0.05) is 13.8 Å². The summed E-state index contributed by atoms with van der Waals surface area (Å²) in [5.41, 5.74) is 8.11. The topological polar surface area (TPSA) is 115 Å². The van der Waals surface area contributed by atoms with Crippen molar-refractivity contribution in [3.05, 3.63) is 36.4 Å². The highest BCUT2D eigenvalue weighted by Gasteiger charge is 2.14. The highest BCUT2D eigenvalue weighted by molar-refractivity contribution is 5.94. The zero-order valence-corrected chi connectivity index (χ0v) is 19.1. The van der Waals surface area contributed by atoms with Crippen LogP contribution in [0.25, 0.3) is 10.9 Å². The lowest BCUT2D eigenvalue weighted by Gasteiger charge is -2.25. The highest BCUT2D eigenvalue weighted by atomic mass is 16.5. The van der Waals surface area contributed by atoms with Crippen molar-refractivity contribution in [3.63, 3.8) is 0 Å². The fourth-order valence-electron chi connectivity index (χ4n) is 4.01. The summed E-state index contributed by atoms with van der Waals surface area (Å²) in [7, 11) is 3.15. The lowest BCUT2D eigenvalue weighted by atomic mass is 10.1. The maximum Gasteiger partial charge on any atom is 0.225 e. The second-order valence-corrected chi connectivity index (χ2v) is 8.06. The van der Waals surface area contributed by atoms with Gasteiger partial charge in [0.05, 0.1) is 19.7 Å². The number of nitrogens with two attached hydrogens (primary N) is 1. The second-order valence-electron chi connectivity index (χ2n) is 8.06. The first kappa shape index (κ1) is 25.0. The van der Waals surface area contributed by atoms with Gasteiger partial charge in [-0.25, -0.2) is 4.98 Å². The molecule has 1 aliphatic rings. The standard InChI is InChI=1S/C24H30N6O3.CH4/c1-32-20-14-18-19(15-21(20)33-2)28-24(25)29-23(18)27-17-8-6-16(7-9-17)26-22(31)10-13-30-11-4-3-5-12-30;/h6-9,14-15H,3-5,10-13H2,1-2H3,(H,26,31)(H3,25,27,28,29);1H4. The van der Waals surface area contributed by atoms with Gasteiger partial charge in [-0.2, -0.15) is 4.98 Å². The maximum absolute atomic E-state index is 12.3. The van der Waals surface area contributed by atoms with Crippen molar-refractivity contribution in [2.75, 3.05) is 50.2 Å². The third-order valence-electron chi connectivity index (χ3n) is 5.75. The minimum Gasteiger partial charge on any atom is -0.493 e. The Balaban J connectivity index is 0.00000324. The highest BCUT2D eigenvalue weighted by Crippen LogP contribution is 2.35. The number of carbonyl (C=O) groups excluding carboxylic acids is 1. The van der Waals surface area contributed by atoms with Crippen LogP contribution in [0.1, 0.15) is 33.1 Å². The molecule has 2 heterocycles. The smallest absolute Gasteiger partial charge is 0.225 e. The molecule has 4 N–H and O–H groups in total. The van der Waals surface area contributed by atoms with Gasteiger partial charge in [-0.05, 0) is 56.3 Å². The number of aromatic nitrogens is 2. The predicted molar refractivity (Wildman–Crippen MR) is 137 cm³/mol. The van der Waals surface area contributed by atoms with E-state index in [9.17, 15) is 4.79 Å². The molecule has 1 aliphatic heterocycles. The number of nitrogens with zero attached hydrogens (tertiary/aromatic N) is 3. The lowest BCUT2D eigenvalue weighted by Crippen LogP contribution is -2.32. The lowest BCUT2D eigenvalue weighted by molar-refractivity contribution is -0.116. The fraction of sp³-hybridized carbons (Fsp3) is 0.400. The number of nitrogen functional groups attached to an aromatic ring is 1. The van der Waals surface area contributed by atoms with Crippen molar-refractivity contribution in [3.8, 4) is 11.5 Å². The summed E-state index contributed by atoms with van der Waals surface area (Å²) in [6.45, 7) is 2.99. The Labute approximate surface area is 200 Å². The molecule has 2 aromatic carbocycles. The van der Waals surface area contributed by atoms with Gasteiger partial charge in [0.2, 0.25) is 11.9 Å². The quantitative estimate of drug-likeness (QED) is 0.447. The number of carbonyl (C=O) groups is 1. The van der Waals surface area contributed by atoms with Gasteiger partial charge in [0.15, 0.2) is 11.5 Å². The Morgan fingerprint density at radius 1 is 1.00 bits per heavy atom. The SMILES string of the molecule is C.COc1cc2nc(N)nc(Nc3ccc(NC(=O)CCN4CCCCC4)cc3)c2cc1OC. The number of benzene rings is 2. The minimum absolute atomic E-state index is 0. The molecule has 9 nitrogen and oxygen atoms in total. The molecule has 1 saturated heterocycles. The van der Waals surface area contributed by atoms with E-state index in [1.54, 1.807) is 20.3 Å². The molecule has 0 atom stereocenters. The number of anilines is 4. The molecular formula is C25H34N6O3. The van der Waals surface area contributed by atoms with Crippen LogP contribution in [-0.4, -0.2) is 54.6 Å². The van der Waals surface area contributed by atoms with Crippen LogP contribution in [0.4, 0.5) is 23.1 Å². The predicted octanol–water partition coefficient (Wildman–Crippen LogP) is 4.42. The summed E-state index contributed by atoms with van der Waals surface area (Å²) in [5, 5.41) is 7.00. The third-order valence-corrected chi connectivity index (χ3v) is 5.75. The first-order chi connectivity index (χ1) is 16.1. The van der Waals surface area contributed by atoms with E-state index >= 15 is 0 Å². The molecular weight excluding hydrogens is 432 g/mol. The molecule has 0 bridgehead atoms. The number of nitrogens with one attached hydrogen (secondary N) is 2. The zero-order valence-electron chi connectivity index (χ0n) is 19.1. The number of hydrogen-bond donors (Lipinski definition) is 3. The van der Waals surface area contributed by atoms with Crippen LogP contribution in [0.15, 0.2) is 36.4 Å². The zero-order chi connectivity index (χ0) is 23.2. The van der Waals surface area contributed by atoms with Crippen LogP contribution in [0, 0.1) is 0 Å². The van der Waals surface area contributed by atoms with Gasteiger partial charge in [0.25, 0.3) is 0 Å². The molecule has 1 fully saturated rings. The van der Waals surface area contributed by atoms with Gasteiger partial charge < -0.3 is 30.7 Å². The van der Waals surface area contributed by atoms with Crippen molar-refractivity contribution in [1.29, 1.82) is 0 Å². The Morgan fingerprint density at radius 3 is 2.32 bits per heavy atom. The Bertz CT molecular complexity index is 1110. The van der Waals surface area contributed by atoms with E-state index in [1.807, 2.05) is 30.3 Å². The normalized spacial score (nSPS) is 13.7. The Kier molecular flexibility index (Phi) is 8.48. The Hall–Kier alpha value is -3.59. The van der Waals surface area contributed by atoms with Gasteiger partial charge in [-0.3, -0.25) is 4.79 Å². The molecule has 9 heteroatoms. The monoisotopic (exact) mass is 466 g/mol. The second kappa shape index (κ2) is 11.5.